The minimum atomic E-state index is 0.893. The van der Waals surface area contributed by atoms with Crippen molar-refractivity contribution < 1.29 is 0 Å². The van der Waals surface area contributed by atoms with Gasteiger partial charge in [0.25, 0.3) is 0 Å². The minimum Gasteiger partial charge on any atom is -0.0654 e. The van der Waals surface area contributed by atoms with Crippen molar-refractivity contribution in [1.82, 2.24) is 0 Å². The summed E-state index contributed by atoms with van der Waals surface area (Å²) in [5.74, 6) is 1.80. The summed E-state index contributed by atoms with van der Waals surface area (Å²) in [4.78, 5) is 0. The maximum atomic E-state index is 2.54. The van der Waals surface area contributed by atoms with Gasteiger partial charge >= 0.3 is 0 Å². The van der Waals surface area contributed by atoms with Gasteiger partial charge in [0.15, 0.2) is 0 Å². The van der Waals surface area contributed by atoms with Gasteiger partial charge in [0.1, 0.15) is 0 Å². The summed E-state index contributed by atoms with van der Waals surface area (Å²) in [5, 5.41) is 0. The standard InChI is InChI=1S/C18H37/c1-5-7-8-9-10-11-12-13-14-15-18(4)16-17(3)6-2/h14,17-18H,5-13,15-16H2,1-4H3. The smallest absolute Gasteiger partial charge is 0.0383 e. The number of hydrogen-bond acceptors (Lipinski definition) is 0. The fraction of sp³-hybridized carbons (Fsp3) is 0.944. The number of rotatable bonds is 13. The Morgan fingerprint density at radius 3 is 2.00 bits per heavy atom. The van der Waals surface area contributed by atoms with Crippen LogP contribution >= 0.6 is 0 Å². The Balaban J connectivity index is 3.15. The molecule has 1 radical (unpaired) electrons. The average molecular weight is 253 g/mol. The highest BCUT2D eigenvalue weighted by Crippen LogP contribution is 2.20. The summed E-state index contributed by atoms with van der Waals surface area (Å²) >= 11 is 0. The highest BCUT2D eigenvalue weighted by Gasteiger charge is 2.06. The van der Waals surface area contributed by atoms with E-state index in [1.54, 1.807) is 0 Å². The van der Waals surface area contributed by atoms with Crippen LogP contribution in [0, 0.1) is 18.3 Å². The lowest BCUT2D eigenvalue weighted by Gasteiger charge is -2.15. The molecule has 0 nitrogen and oxygen atoms in total. The molecule has 0 saturated carbocycles. The molecule has 0 amide bonds. The van der Waals surface area contributed by atoms with Crippen molar-refractivity contribution in [2.45, 2.75) is 98.3 Å². The molecular weight excluding hydrogens is 216 g/mol. The van der Waals surface area contributed by atoms with Gasteiger partial charge < -0.3 is 0 Å². The third-order valence-electron chi connectivity index (χ3n) is 4.08. The molecule has 2 unspecified atom stereocenters. The van der Waals surface area contributed by atoms with E-state index >= 15 is 0 Å². The van der Waals surface area contributed by atoms with Crippen molar-refractivity contribution in [2.75, 3.05) is 0 Å². The zero-order valence-corrected chi connectivity index (χ0v) is 13.5. The second-order valence-electron chi connectivity index (χ2n) is 6.29. The molecule has 0 heterocycles. The van der Waals surface area contributed by atoms with Gasteiger partial charge in [-0.25, -0.2) is 0 Å². The van der Waals surface area contributed by atoms with Crippen molar-refractivity contribution in [3.8, 4) is 0 Å². The molecule has 0 spiro atoms. The van der Waals surface area contributed by atoms with Gasteiger partial charge in [-0.05, 0) is 31.1 Å². The minimum absolute atomic E-state index is 0.893. The molecule has 0 saturated heterocycles. The van der Waals surface area contributed by atoms with Crippen LogP contribution in [0.2, 0.25) is 0 Å². The lowest BCUT2D eigenvalue weighted by Crippen LogP contribution is -2.02. The van der Waals surface area contributed by atoms with Gasteiger partial charge in [0, 0.05) is 0 Å². The molecule has 0 N–H and O–H groups in total. The topological polar surface area (TPSA) is 0 Å². The van der Waals surface area contributed by atoms with Crippen LogP contribution in [-0.4, -0.2) is 0 Å². The second kappa shape index (κ2) is 13.4. The van der Waals surface area contributed by atoms with Gasteiger partial charge in [-0.3, -0.25) is 0 Å². The quantitative estimate of drug-likeness (QED) is 0.317. The first-order valence-corrected chi connectivity index (χ1v) is 8.52. The SMILES string of the molecule is CCCCCCCCC[CH]CC(C)CC(C)CC. The molecule has 0 aromatic rings. The van der Waals surface area contributed by atoms with Crippen LogP contribution in [0.5, 0.6) is 0 Å². The molecule has 18 heavy (non-hydrogen) atoms. The van der Waals surface area contributed by atoms with Gasteiger partial charge in [-0.2, -0.15) is 0 Å². The Bertz CT molecular complexity index is 150. The Labute approximate surface area is 117 Å². The average Bonchev–Trinajstić information content (AvgIpc) is 2.36. The van der Waals surface area contributed by atoms with E-state index in [-0.39, 0.29) is 0 Å². The van der Waals surface area contributed by atoms with Crippen LogP contribution in [0.25, 0.3) is 0 Å². The fourth-order valence-corrected chi connectivity index (χ4v) is 2.60. The van der Waals surface area contributed by atoms with Gasteiger partial charge in [0.2, 0.25) is 0 Å². The summed E-state index contributed by atoms with van der Waals surface area (Å²) in [6.45, 7) is 9.38. The van der Waals surface area contributed by atoms with Crippen molar-refractivity contribution in [1.29, 1.82) is 0 Å². The molecule has 0 aromatic heterocycles. The van der Waals surface area contributed by atoms with Crippen LogP contribution in [0.3, 0.4) is 0 Å². The summed E-state index contributed by atoms with van der Waals surface area (Å²) in [7, 11) is 0. The summed E-state index contributed by atoms with van der Waals surface area (Å²) in [6.07, 6.45) is 18.0. The van der Waals surface area contributed by atoms with Gasteiger partial charge in [0.05, 0.1) is 0 Å². The van der Waals surface area contributed by atoms with Crippen molar-refractivity contribution >= 4 is 0 Å². The van der Waals surface area contributed by atoms with Crippen molar-refractivity contribution in [2.24, 2.45) is 11.8 Å². The molecule has 109 valence electrons. The van der Waals surface area contributed by atoms with E-state index in [0.29, 0.717) is 0 Å². The van der Waals surface area contributed by atoms with E-state index in [1.807, 2.05) is 0 Å². The molecule has 0 fully saturated rings. The van der Waals surface area contributed by atoms with Crippen LogP contribution in [0.1, 0.15) is 98.3 Å². The zero-order chi connectivity index (χ0) is 13.6. The zero-order valence-electron chi connectivity index (χ0n) is 13.5. The fourth-order valence-electron chi connectivity index (χ4n) is 2.60. The monoisotopic (exact) mass is 253 g/mol. The highest BCUT2D eigenvalue weighted by atomic mass is 14.1. The first-order valence-electron chi connectivity index (χ1n) is 8.52. The Hall–Kier alpha value is 0. The summed E-state index contributed by atoms with van der Waals surface area (Å²) < 4.78 is 0. The lowest BCUT2D eigenvalue weighted by molar-refractivity contribution is 0.398. The molecule has 0 heteroatoms. The third kappa shape index (κ3) is 12.5. The third-order valence-corrected chi connectivity index (χ3v) is 4.08. The maximum Gasteiger partial charge on any atom is -0.0383 e. The van der Waals surface area contributed by atoms with E-state index in [1.165, 1.54) is 70.6 Å². The van der Waals surface area contributed by atoms with Crippen LogP contribution in [0.15, 0.2) is 0 Å². The van der Waals surface area contributed by atoms with Crippen molar-refractivity contribution in [3.05, 3.63) is 6.42 Å². The molecule has 0 aliphatic heterocycles. The van der Waals surface area contributed by atoms with Crippen LogP contribution in [-0.2, 0) is 0 Å². The molecule has 0 aliphatic rings. The second-order valence-corrected chi connectivity index (χ2v) is 6.29. The normalized spacial score (nSPS) is 14.7. The predicted octanol–water partition coefficient (Wildman–Crippen LogP) is 6.79. The maximum absolute atomic E-state index is 2.54. The Morgan fingerprint density at radius 2 is 1.39 bits per heavy atom. The van der Waals surface area contributed by atoms with Gasteiger partial charge in [-0.1, -0.05) is 85.5 Å². The van der Waals surface area contributed by atoms with E-state index in [4.69, 9.17) is 0 Å². The first-order chi connectivity index (χ1) is 8.70. The molecule has 0 aromatic carbocycles. The predicted molar refractivity (Wildman–Crippen MR) is 84.8 cm³/mol. The molecular formula is C18H37. The molecule has 0 bridgehead atoms. The molecule has 2 atom stereocenters. The first kappa shape index (κ1) is 18.0. The molecule has 0 rings (SSSR count). The molecule has 0 aliphatic carbocycles. The largest absolute Gasteiger partial charge is 0.0654 e. The summed E-state index contributed by atoms with van der Waals surface area (Å²) in [6, 6.07) is 0. The Morgan fingerprint density at radius 1 is 0.778 bits per heavy atom. The van der Waals surface area contributed by atoms with Crippen LogP contribution in [0.4, 0.5) is 0 Å². The number of unbranched alkanes of at least 4 members (excludes halogenated alkanes) is 8. The summed E-state index contributed by atoms with van der Waals surface area (Å²) in [5.41, 5.74) is 0. The number of hydrogen-bond donors (Lipinski definition) is 0. The Kier molecular flexibility index (Phi) is 13.4. The van der Waals surface area contributed by atoms with Crippen LogP contribution < -0.4 is 0 Å². The van der Waals surface area contributed by atoms with E-state index < -0.39 is 0 Å². The van der Waals surface area contributed by atoms with Gasteiger partial charge in [-0.15, -0.1) is 0 Å². The van der Waals surface area contributed by atoms with E-state index in [9.17, 15) is 0 Å². The van der Waals surface area contributed by atoms with E-state index in [2.05, 4.69) is 34.1 Å². The lowest BCUT2D eigenvalue weighted by atomic mass is 9.91. The van der Waals surface area contributed by atoms with Crippen molar-refractivity contribution in [3.63, 3.8) is 0 Å². The highest BCUT2D eigenvalue weighted by molar-refractivity contribution is 4.70. The van der Waals surface area contributed by atoms with E-state index in [0.717, 1.165) is 11.8 Å².